The number of carbonyl (C=O) groups excluding carboxylic acids is 1. The van der Waals surface area contributed by atoms with Gasteiger partial charge in [-0.1, -0.05) is 11.6 Å². The van der Waals surface area contributed by atoms with Crippen molar-refractivity contribution in [3.8, 4) is 5.88 Å². The lowest BCUT2D eigenvalue weighted by Crippen LogP contribution is -2.45. The second kappa shape index (κ2) is 7.11. The highest BCUT2D eigenvalue weighted by Gasteiger charge is 2.27. The number of hydrogen-bond acceptors (Lipinski definition) is 4. The number of rotatable bonds is 4. The molecular formula is C18H19ClN2O4. The molecule has 1 aromatic heterocycles. The van der Waals surface area contributed by atoms with Crippen molar-refractivity contribution >= 4 is 29.2 Å². The van der Waals surface area contributed by atoms with Crippen molar-refractivity contribution < 1.29 is 19.4 Å². The molecule has 2 aromatic rings. The van der Waals surface area contributed by atoms with Crippen molar-refractivity contribution in [3.63, 3.8) is 0 Å². The molecule has 1 aromatic carbocycles. The Kier molecular flexibility index (Phi) is 5.33. The number of nitrogens with zero attached hydrogens (tertiary/aromatic N) is 2. The summed E-state index contributed by atoms with van der Waals surface area (Å²) in [5.41, 5.74) is 0.459. The van der Waals surface area contributed by atoms with Crippen LogP contribution in [0.1, 0.15) is 36.8 Å². The summed E-state index contributed by atoms with van der Waals surface area (Å²) >= 11 is 5.92. The highest BCUT2D eigenvalue weighted by Crippen LogP contribution is 2.26. The summed E-state index contributed by atoms with van der Waals surface area (Å²) in [6, 6.07) is 9.39. The number of amides is 1. The molecule has 0 radical (unpaired) electrons. The van der Waals surface area contributed by atoms with E-state index in [1.807, 2.05) is 0 Å². The predicted molar refractivity (Wildman–Crippen MR) is 95.9 cm³/mol. The first kappa shape index (κ1) is 18.7. The van der Waals surface area contributed by atoms with E-state index in [-0.39, 0.29) is 17.4 Å². The van der Waals surface area contributed by atoms with Crippen molar-refractivity contribution in [2.75, 3.05) is 12.0 Å². The first-order valence-electron chi connectivity index (χ1n) is 7.53. The number of aromatic nitrogens is 1. The number of benzene rings is 1. The van der Waals surface area contributed by atoms with Gasteiger partial charge in [0.25, 0.3) is 0 Å². The summed E-state index contributed by atoms with van der Waals surface area (Å²) < 4.78 is 5.02. The maximum atomic E-state index is 12.5. The van der Waals surface area contributed by atoms with E-state index in [1.165, 1.54) is 18.1 Å². The number of anilines is 1. The summed E-state index contributed by atoms with van der Waals surface area (Å²) in [6.07, 6.45) is -1.06. The number of carbonyl (C=O) groups is 2. The van der Waals surface area contributed by atoms with Crippen LogP contribution in [0.4, 0.5) is 10.5 Å². The van der Waals surface area contributed by atoms with E-state index in [0.29, 0.717) is 16.3 Å². The van der Waals surface area contributed by atoms with E-state index in [9.17, 15) is 14.7 Å². The quantitative estimate of drug-likeness (QED) is 0.822. The van der Waals surface area contributed by atoms with Gasteiger partial charge in [0.15, 0.2) is 0 Å². The average molecular weight is 363 g/mol. The van der Waals surface area contributed by atoms with Crippen molar-refractivity contribution in [2.24, 2.45) is 0 Å². The first-order chi connectivity index (χ1) is 11.6. The Bertz CT molecular complexity index is 798. The molecule has 25 heavy (non-hydrogen) atoms. The number of methoxy groups -OCH3 is 1. The monoisotopic (exact) mass is 362 g/mol. The molecule has 132 valence electrons. The zero-order valence-electron chi connectivity index (χ0n) is 14.4. The fourth-order valence-electron chi connectivity index (χ4n) is 2.39. The topological polar surface area (TPSA) is 79.7 Å². The molecule has 0 aliphatic heterocycles. The summed E-state index contributed by atoms with van der Waals surface area (Å²) in [4.78, 5) is 29.4. The molecule has 0 spiro atoms. The van der Waals surface area contributed by atoms with Gasteiger partial charge < -0.3 is 9.84 Å². The molecule has 6 nitrogen and oxygen atoms in total. The van der Waals surface area contributed by atoms with Gasteiger partial charge in [-0.05, 0) is 57.2 Å². The largest absolute Gasteiger partial charge is 0.480 e. The second-order valence-electron chi connectivity index (χ2n) is 6.35. The summed E-state index contributed by atoms with van der Waals surface area (Å²) in [7, 11) is 1.42. The number of ether oxygens (including phenoxy) is 1. The van der Waals surface area contributed by atoms with Gasteiger partial charge in [-0.3, -0.25) is 9.69 Å². The van der Waals surface area contributed by atoms with Gasteiger partial charge in [0.1, 0.15) is 10.7 Å². The molecule has 0 aliphatic rings. The van der Waals surface area contributed by atoms with Crippen LogP contribution >= 0.6 is 11.6 Å². The molecule has 0 saturated carbocycles. The standard InChI is InChI=1S/C18H19ClN2O4/c1-18(2,3)21(17(23)24)12-7-5-11(6-8-12)15(22)14-10-9-13(19)16(20-14)25-4/h5-10H,1-4H3,(H,23,24). The van der Waals surface area contributed by atoms with Gasteiger partial charge in [-0.25, -0.2) is 9.78 Å². The predicted octanol–water partition coefficient (Wildman–Crippen LogP) is 4.26. The normalized spacial score (nSPS) is 11.1. The third-order valence-electron chi connectivity index (χ3n) is 3.49. The van der Waals surface area contributed by atoms with Crippen molar-refractivity contribution in [1.29, 1.82) is 0 Å². The third-order valence-corrected chi connectivity index (χ3v) is 3.78. The molecule has 0 saturated heterocycles. The lowest BCUT2D eigenvalue weighted by molar-refractivity contribution is 0.103. The number of pyridine rings is 1. The summed E-state index contributed by atoms with van der Waals surface area (Å²) in [5, 5.41) is 9.74. The van der Waals surface area contributed by atoms with Crippen LogP contribution in [0.15, 0.2) is 36.4 Å². The van der Waals surface area contributed by atoms with Gasteiger partial charge in [0.05, 0.1) is 7.11 Å². The van der Waals surface area contributed by atoms with E-state index >= 15 is 0 Å². The molecule has 0 bridgehead atoms. The van der Waals surface area contributed by atoms with Crippen LogP contribution in [0.5, 0.6) is 5.88 Å². The van der Waals surface area contributed by atoms with Gasteiger partial charge >= 0.3 is 6.09 Å². The SMILES string of the molecule is COc1nc(C(=O)c2ccc(N(C(=O)O)C(C)(C)C)cc2)ccc1Cl. The Labute approximate surface area is 151 Å². The molecule has 0 aliphatic carbocycles. The number of ketones is 1. The maximum Gasteiger partial charge on any atom is 0.412 e. The second-order valence-corrected chi connectivity index (χ2v) is 6.76. The first-order valence-corrected chi connectivity index (χ1v) is 7.91. The van der Waals surface area contributed by atoms with E-state index in [0.717, 1.165) is 0 Å². The van der Waals surface area contributed by atoms with Gasteiger partial charge in [0.2, 0.25) is 11.7 Å². The average Bonchev–Trinajstić information content (AvgIpc) is 2.53. The molecule has 0 atom stereocenters. The molecule has 7 heteroatoms. The zero-order chi connectivity index (χ0) is 18.8. The van der Waals surface area contributed by atoms with Crippen molar-refractivity contribution in [2.45, 2.75) is 26.3 Å². The molecule has 2 rings (SSSR count). The van der Waals surface area contributed by atoms with Gasteiger partial charge in [-0.15, -0.1) is 0 Å². The minimum Gasteiger partial charge on any atom is -0.480 e. The Balaban J connectivity index is 2.33. The highest BCUT2D eigenvalue weighted by molar-refractivity contribution is 6.32. The number of halogens is 1. The Morgan fingerprint density at radius 1 is 1.12 bits per heavy atom. The highest BCUT2D eigenvalue weighted by atomic mass is 35.5. The maximum absolute atomic E-state index is 12.5. The lowest BCUT2D eigenvalue weighted by atomic mass is 10.0. The fraction of sp³-hybridized carbons (Fsp3) is 0.278. The molecule has 0 fully saturated rings. The van der Waals surface area contributed by atoms with Gasteiger partial charge in [0, 0.05) is 16.8 Å². The number of carboxylic acid groups (broad SMARTS) is 1. The summed E-state index contributed by atoms with van der Waals surface area (Å²) in [5.74, 6) is -0.131. The fourth-order valence-corrected chi connectivity index (χ4v) is 2.57. The van der Waals surface area contributed by atoms with Crippen LogP contribution in [0.3, 0.4) is 0 Å². The molecule has 1 N–H and O–H groups in total. The summed E-state index contributed by atoms with van der Waals surface area (Å²) in [6.45, 7) is 5.39. The smallest absolute Gasteiger partial charge is 0.412 e. The Morgan fingerprint density at radius 3 is 2.20 bits per heavy atom. The Hall–Kier alpha value is -2.60. The minimum absolute atomic E-state index is 0.175. The minimum atomic E-state index is -1.06. The van der Waals surface area contributed by atoms with Crippen molar-refractivity contribution in [1.82, 2.24) is 4.98 Å². The molecular weight excluding hydrogens is 344 g/mol. The van der Waals surface area contributed by atoms with E-state index < -0.39 is 11.6 Å². The van der Waals surface area contributed by atoms with Crippen LogP contribution in [0.2, 0.25) is 5.02 Å². The lowest BCUT2D eigenvalue weighted by Gasteiger charge is -2.33. The number of hydrogen-bond donors (Lipinski definition) is 1. The van der Waals surface area contributed by atoms with Crippen molar-refractivity contribution in [3.05, 3.63) is 52.7 Å². The van der Waals surface area contributed by atoms with E-state index in [1.54, 1.807) is 51.1 Å². The molecule has 1 heterocycles. The van der Waals surface area contributed by atoms with Gasteiger partial charge in [-0.2, -0.15) is 0 Å². The molecule has 1 amide bonds. The Morgan fingerprint density at radius 2 is 1.72 bits per heavy atom. The third kappa shape index (κ3) is 4.09. The van der Waals surface area contributed by atoms with E-state index in [4.69, 9.17) is 16.3 Å². The van der Waals surface area contributed by atoms with Crippen LogP contribution in [0, 0.1) is 0 Å². The van der Waals surface area contributed by atoms with Crippen LogP contribution in [-0.4, -0.2) is 34.6 Å². The van der Waals surface area contributed by atoms with E-state index in [2.05, 4.69) is 4.98 Å². The van der Waals surface area contributed by atoms with Crippen LogP contribution in [0.25, 0.3) is 0 Å². The van der Waals surface area contributed by atoms with Crippen LogP contribution in [-0.2, 0) is 0 Å². The van der Waals surface area contributed by atoms with Crippen LogP contribution < -0.4 is 9.64 Å². The zero-order valence-corrected chi connectivity index (χ0v) is 15.2. The molecule has 0 unspecified atom stereocenters.